The third-order valence-corrected chi connectivity index (χ3v) is 18.9. The molecule has 308 valence electrons. The van der Waals surface area contributed by atoms with Gasteiger partial charge >= 0.3 is 0 Å². The van der Waals surface area contributed by atoms with Gasteiger partial charge in [0.05, 0.1) is 27.9 Å². The summed E-state index contributed by atoms with van der Waals surface area (Å²) < 4.78 is 4.71. The Kier molecular flexibility index (Phi) is 8.20. The van der Waals surface area contributed by atoms with Crippen LogP contribution in [0.4, 0.5) is 17.2 Å². The Morgan fingerprint density at radius 2 is 1.05 bits per heavy atom. The van der Waals surface area contributed by atoms with Gasteiger partial charge in [-0.1, -0.05) is 178 Å². The van der Waals surface area contributed by atoms with Crippen molar-refractivity contribution in [3.63, 3.8) is 0 Å². The Morgan fingerprint density at radius 1 is 0.446 bits per heavy atom. The molecular weight excluding hydrogens is 807 g/mol. The lowest BCUT2D eigenvalue weighted by Gasteiger charge is -2.43. The van der Waals surface area contributed by atoms with Gasteiger partial charge in [-0.2, -0.15) is 0 Å². The largest absolute Gasteiger partial charge is 0.307 e. The van der Waals surface area contributed by atoms with Crippen molar-refractivity contribution < 1.29 is 0 Å². The summed E-state index contributed by atoms with van der Waals surface area (Å²) in [7, 11) is -3.11. The molecule has 0 fully saturated rings. The molecule has 0 spiro atoms. The highest BCUT2D eigenvalue weighted by atomic mass is 28.3. The Hall–Kier alpha value is -8.06. The van der Waals surface area contributed by atoms with Gasteiger partial charge < -0.3 is 4.57 Å². The number of benzene rings is 8. The molecule has 13 rings (SSSR count). The van der Waals surface area contributed by atoms with Crippen LogP contribution in [0.1, 0.15) is 25.0 Å². The summed E-state index contributed by atoms with van der Waals surface area (Å²) in [5.41, 5.74) is 10.0. The van der Waals surface area contributed by atoms with Gasteiger partial charge in [-0.15, -0.1) is 0 Å². The van der Waals surface area contributed by atoms with Crippen molar-refractivity contribution >= 4 is 95.1 Å². The average molecular weight is 850 g/mol. The van der Waals surface area contributed by atoms with E-state index in [1.807, 2.05) is 18.5 Å². The van der Waals surface area contributed by atoms with Gasteiger partial charge in [-0.25, -0.2) is 9.97 Å². The highest BCUT2D eigenvalue weighted by Gasteiger charge is 2.45. The molecule has 5 nitrogen and oxygen atoms in total. The molecule has 12 aromatic rings. The first-order chi connectivity index (χ1) is 32.0. The van der Waals surface area contributed by atoms with E-state index in [0.29, 0.717) is 0 Å². The fourth-order valence-corrected chi connectivity index (χ4v) is 16.0. The lowest BCUT2D eigenvalue weighted by Crippen LogP contribution is -2.74. The third-order valence-electron chi connectivity index (χ3n) is 14.1. The average Bonchev–Trinajstić information content (AvgIpc) is 4.00. The first-order valence-electron chi connectivity index (χ1n) is 22.4. The SMILES string of the molecule is CC1(C)c2ccc([Si](c3ccccc3)(c3ccccc3)c3ccc4c5ccccc5n5ccnc5c4c3)cc2N(c2ccccn2)c2c1ccc1c3ccccc3n(-c3ccccc3)c21. The summed E-state index contributed by atoms with van der Waals surface area (Å²) in [6.45, 7) is 4.79. The quantitative estimate of drug-likeness (QED) is 0.0950. The number of fused-ring (bicyclic) bond motifs is 12. The van der Waals surface area contributed by atoms with Crippen molar-refractivity contribution in [2.75, 3.05) is 4.90 Å². The number of hydrogen-bond donors (Lipinski definition) is 0. The monoisotopic (exact) mass is 849 g/mol. The third kappa shape index (κ3) is 5.32. The lowest BCUT2D eigenvalue weighted by molar-refractivity contribution is 0.632. The Labute approximate surface area is 378 Å². The Morgan fingerprint density at radius 3 is 1.77 bits per heavy atom. The summed E-state index contributed by atoms with van der Waals surface area (Å²) in [6.07, 6.45) is 5.94. The van der Waals surface area contributed by atoms with Crippen molar-refractivity contribution in [1.82, 2.24) is 18.9 Å². The molecule has 6 heteroatoms. The molecule has 65 heavy (non-hydrogen) atoms. The zero-order valence-corrected chi connectivity index (χ0v) is 37.1. The predicted octanol–water partition coefficient (Wildman–Crippen LogP) is 11.6. The van der Waals surface area contributed by atoms with E-state index in [9.17, 15) is 0 Å². The molecule has 0 radical (unpaired) electrons. The van der Waals surface area contributed by atoms with Gasteiger partial charge in [0.1, 0.15) is 11.5 Å². The molecule has 0 unspecified atom stereocenters. The molecule has 4 aromatic heterocycles. The molecule has 0 aliphatic carbocycles. The first kappa shape index (κ1) is 37.5. The van der Waals surface area contributed by atoms with E-state index < -0.39 is 8.07 Å². The topological polar surface area (TPSA) is 38.4 Å². The standard InChI is InChI=1S/C59H43N5Si/c1-59(2)50-33-30-44(39-54(50)64(55-28-16-17-35-60-55)57-51(59)34-32-48-47-25-13-15-27-53(47)63(56(48)57)40-18-6-3-7-19-40)65(41-20-8-4-9-21-41,42-22-10-5-11-23-42)43-29-31-45-46-24-12-14-26-52(46)62-37-36-61-58(62)49(45)38-43/h3-39H,1-2H3. The van der Waals surface area contributed by atoms with E-state index in [-0.39, 0.29) is 5.41 Å². The molecule has 0 saturated carbocycles. The number of hydrogen-bond acceptors (Lipinski definition) is 3. The highest BCUT2D eigenvalue weighted by Crippen LogP contribution is 2.55. The number of imidazole rings is 1. The Balaban J connectivity index is 1.16. The van der Waals surface area contributed by atoms with Gasteiger partial charge in [-0.05, 0) is 79.7 Å². The van der Waals surface area contributed by atoms with Crippen LogP contribution in [-0.4, -0.2) is 27.0 Å². The predicted molar refractivity (Wildman–Crippen MR) is 273 cm³/mol. The first-order valence-corrected chi connectivity index (χ1v) is 24.4. The second kappa shape index (κ2) is 14.2. The van der Waals surface area contributed by atoms with Crippen molar-refractivity contribution in [3.8, 4) is 5.69 Å². The number of aromatic nitrogens is 4. The van der Waals surface area contributed by atoms with Crippen LogP contribution in [-0.2, 0) is 5.41 Å². The Bertz CT molecular complexity index is 3760. The van der Waals surface area contributed by atoms with E-state index in [1.165, 1.54) is 64.5 Å². The molecule has 0 amide bonds. The van der Waals surface area contributed by atoms with Crippen LogP contribution in [0.5, 0.6) is 0 Å². The molecular formula is C59H43N5Si. The molecule has 0 bridgehead atoms. The van der Waals surface area contributed by atoms with E-state index in [2.05, 4.69) is 234 Å². The maximum Gasteiger partial charge on any atom is 0.179 e. The maximum atomic E-state index is 5.18. The minimum absolute atomic E-state index is 0.360. The zero-order chi connectivity index (χ0) is 43.3. The fraction of sp³-hybridized carbons (Fsp3) is 0.0508. The second-order valence-corrected chi connectivity index (χ2v) is 21.6. The van der Waals surface area contributed by atoms with Gasteiger partial charge in [0.15, 0.2) is 8.07 Å². The normalized spacial score (nSPS) is 13.5. The van der Waals surface area contributed by atoms with E-state index in [0.717, 1.165) is 39.4 Å². The molecule has 0 saturated heterocycles. The van der Waals surface area contributed by atoms with Gasteiger partial charge in [0, 0.05) is 51.2 Å². The van der Waals surface area contributed by atoms with Crippen LogP contribution in [0.3, 0.4) is 0 Å². The van der Waals surface area contributed by atoms with Crippen LogP contribution in [0.2, 0.25) is 0 Å². The van der Waals surface area contributed by atoms with E-state index in [4.69, 9.17) is 9.97 Å². The van der Waals surface area contributed by atoms with E-state index >= 15 is 0 Å². The number of pyridine rings is 2. The zero-order valence-electron chi connectivity index (χ0n) is 36.1. The molecule has 0 atom stereocenters. The number of rotatable bonds is 6. The van der Waals surface area contributed by atoms with Crippen molar-refractivity contribution in [2.45, 2.75) is 19.3 Å². The molecule has 1 aliphatic rings. The summed E-state index contributed by atoms with van der Waals surface area (Å²) in [5, 5.41) is 11.2. The number of para-hydroxylation sites is 3. The van der Waals surface area contributed by atoms with Gasteiger partial charge in [0.25, 0.3) is 0 Å². The minimum Gasteiger partial charge on any atom is -0.307 e. The van der Waals surface area contributed by atoms with Crippen LogP contribution in [0, 0.1) is 0 Å². The van der Waals surface area contributed by atoms with Crippen LogP contribution < -0.4 is 25.6 Å². The van der Waals surface area contributed by atoms with Crippen LogP contribution in [0.25, 0.3) is 54.8 Å². The second-order valence-electron chi connectivity index (χ2n) is 17.8. The summed E-state index contributed by atoms with van der Waals surface area (Å²) in [6, 6.07) is 76.5. The molecule has 8 aromatic carbocycles. The molecule has 1 aliphatic heterocycles. The van der Waals surface area contributed by atoms with Crippen molar-refractivity contribution in [1.29, 1.82) is 0 Å². The molecule has 0 N–H and O–H groups in total. The summed E-state index contributed by atoms with van der Waals surface area (Å²) >= 11 is 0. The highest BCUT2D eigenvalue weighted by molar-refractivity contribution is 7.20. The molecule has 5 heterocycles. The number of anilines is 3. The fourth-order valence-electron chi connectivity index (χ4n) is 11.3. The lowest BCUT2D eigenvalue weighted by atomic mass is 9.73. The summed E-state index contributed by atoms with van der Waals surface area (Å²) in [5.74, 6) is 0.881. The smallest absolute Gasteiger partial charge is 0.179 e. The maximum absolute atomic E-state index is 5.18. The van der Waals surface area contributed by atoms with Crippen molar-refractivity contribution in [3.05, 3.63) is 236 Å². The van der Waals surface area contributed by atoms with Crippen LogP contribution in [0.15, 0.2) is 225 Å². The minimum atomic E-state index is -3.11. The van der Waals surface area contributed by atoms with Crippen LogP contribution >= 0.6 is 0 Å². The van der Waals surface area contributed by atoms with Gasteiger partial charge in [-0.3, -0.25) is 9.30 Å². The van der Waals surface area contributed by atoms with E-state index in [1.54, 1.807) is 0 Å². The summed E-state index contributed by atoms with van der Waals surface area (Å²) in [4.78, 5) is 12.7. The van der Waals surface area contributed by atoms with Crippen molar-refractivity contribution in [2.24, 2.45) is 0 Å². The number of nitrogens with zero attached hydrogens (tertiary/aromatic N) is 5. The van der Waals surface area contributed by atoms with Gasteiger partial charge in [0.2, 0.25) is 0 Å².